The summed E-state index contributed by atoms with van der Waals surface area (Å²) in [5, 5.41) is 14.2. The van der Waals surface area contributed by atoms with E-state index in [4.69, 9.17) is 9.47 Å². The van der Waals surface area contributed by atoms with Gasteiger partial charge in [0.15, 0.2) is 17.2 Å². The van der Waals surface area contributed by atoms with Crippen LogP contribution in [-0.4, -0.2) is 33.1 Å². The zero-order valence-corrected chi connectivity index (χ0v) is 13.8. The van der Waals surface area contributed by atoms with Crippen LogP contribution in [0.4, 0.5) is 18.9 Å². The fourth-order valence-electron chi connectivity index (χ4n) is 2.61. The SMILES string of the molecule is Cc1[nH]nc(C(F)(F)F)c1NC(=O)c1cc(-c2ccc3c(c2)OCO3)n[nH]1. The molecule has 0 unspecified atom stereocenters. The van der Waals surface area contributed by atoms with Gasteiger partial charge in [-0.15, -0.1) is 0 Å². The highest BCUT2D eigenvalue weighted by atomic mass is 19.4. The third-order valence-electron chi connectivity index (χ3n) is 3.95. The fraction of sp³-hybridized carbons (Fsp3) is 0.188. The first kappa shape index (κ1) is 16.9. The number of carbonyl (C=O) groups excluding carboxylic acids is 1. The number of anilines is 1. The average molecular weight is 379 g/mol. The maximum Gasteiger partial charge on any atom is 0.437 e. The number of aryl methyl sites for hydroxylation is 1. The van der Waals surface area contributed by atoms with Gasteiger partial charge in [0.2, 0.25) is 6.79 Å². The van der Waals surface area contributed by atoms with Crippen LogP contribution >= 0.6 is 0 Å². The van der Waals surface area contributed by atoms with Crippen LogP contribution in [0.3, 0.4) is 0 Å². The van der Waals surface area contributed by atoms with E-state index in [1.54, 1.807) is 18.2 Å². The zero-order valence-electron chi connectivity index (χ0n) is 13.8. The maximum absolute atomic E-state index is 13.0. The molecule has 8 nitrogen and oxygen atoms in total. The number of hydrogen-bond donors (Lipinski definition) is 3. The number of amides is 1. The summed E-state index contributed by atoms with van der Waals surface area (Å²) in [6.45, 7) is 1.50. The van der Waals surface area contributed by atoms with Gasteiger partial charge in [-0.1, -0.05) is 0 Å². The topological polar surface area (TPSA) is 105 Å². The summed E-state index contributed by atoms with van der Waals surface area (Å²) in [4.78, 5) is 12.3. The summed E-state index contributed by atoms with van der Waals surface area (Å²) >= 11 is 0. The summed E-state index contributed by atoms with van der Waals surface area (Å²) in [7, 11) is 0. The fourth-order valence-corrected chi connectivity index (χ4v) is 2.61. The van der Waals surface area contributed by atoms with Gasteiger partial charge in [0.05, 0.1) is 17.1 Å². The molecule has 0 radical (unpaired) electrons. The number of nitrogens with one attached hydrogen (secondary N) is 3. The summed E-state index contributed by atoms with van der Waals surface area (Å²) in [5.74, 6) is 0.372. The minimum atomic E-state index is -4.70. The lowest BCUT2D eigenvalue weighted by Crippen LogP contribution is -2.17. The number of ether oxygens (including phenoxy) is 2. The number of halogens is 3. The Morgan fingerprint density at radius 1 is 1.15 bits per heavy atom. The van der Waals surface area contributed by atoms with Crippen LogP contribution in [0.5, 0.6) is 11.5 Å². The monoisotopic (exact) mass is 379 g/mol. The Labute approximate surface area is 149 Å². The van der Waals surface area contributed by atoms with Crippen molar-refractivity contribution in [3.05, 3.63) is 41.3 Å². The van der Waals surface area contributed by atoms with Crippen LogP contribution in [0, 0.1) is 6.92 Å². The molecule has 3 aromatic rings. The summed E-state index contributed by atoms with van der Waals surface area (Å²) in [6, 6.07) is 6.56. The van der Waals surface area contributed by atoms with E-state index in [1.807, 2.05) is 0 Å². The number of aromatic nitrogens is 4. The highest BCUT2D eigenvalue weighted by Gasteiger charge is 2.38. The average Bonchev–Trinajstić information content (AvgIpc) is 3.33. The van der Waals surface area contributed by atoms with Crippen LogP contribution < -0.4 is 14.8 Å². The first-order valence-corrected chi connectivity index (χ1v) is 7.72. The van der Waals surface area contributed by atoms with Crippen molar-refractivity contribution >= 4 is 11.6 Å². The number of nitrogens with zero attached hydrogens (tertiary/aromatic N) is 2. The molecule has 0 saturated heterocycles. The van der Waals surface area contributed by atoms with Gasteiger partial charge in [-0.25, -0.2) is 0 Å². The molecule has 0 aliphatic carbocycles. The van der Waals surface area contributed by atoms with Gasteiger partial charge in [-0.05, 0) is 31.2 Å². The highest BCUT2D eigenvalue weighted by molar-refractivity contribution is 6.04. The molecule has 0 bridgehead atoms. The predicted molar refractivity (Wildman–Crippen MR) is 86.4 cm³/mol. The number of rotatable bonds is 3. The lowest BCUT2D eigenvalue weighted by Gasteiger charge is -2.07. The molecule has 1 amide bonds. The van der Waals surface area contributed by atoms with Gasteiger partial charge in [0.25, 0.3) is 5.91 Å². The molecular weight excluding hydrogens is 367 g/mol. The number of benzene rings is 1. The number of fused-ring (bicyclic) bond motifs is 1. The number of hydrogen-bond acceptors (Lipinski definition) is 5. The van der Waals surface area contributed by atoms with Crippen molar-refractivity contribution in [1.82, 2.24) is 20.4 Å². The molecule has 1 aliphatic heterocycles. The third-order valence-corrected chi connectivity index (χ3v) is 3.95. The standard InChI is InChI=1S/C16H12F3N5O3/c1-7-13(14(24-21-7)16(17,18)19)20-15(25)10-5-9(22-23-10)8-2-3-11-12(4-8)27-6-26-11/h2-5H,6H2,1H3,(H,20,25)(H,21,24)(H,22,23). The number of alkyl halides is 3. The van der Waals surface area contributed by atoms with Gasteiger partial charge in [-0.2, -0.15) is 23.4 Å². The molecule has 0 spiro atoms. The van der Waals surface area contributed by atoms with Crippen LogP contribution in [0.25, 0.3) is 11.3 Å². The van der Waals surface area contributed by atoms with E-state index in [2.05, 4.69) is 25.7 Å². The van der Waals surface area contributed by atoms with E-state index in [1.165, 1.54) is 13.0 Å². The second-order valence-corrected chi connectivity index (χ2v) is 5.76. The smallest absolute Gasteiger partial charge is 0.437 e. The normalized spacial score (nSPS) is 13.0. The van der Waals surface area contributed by atoms with Crippen molar-refractivity contribution in [2.75, 3.05) is 12.1 Å². The van der Waals surface area contributed by atoms with Gasteiger partial charge in [0.1, 0.15) is 5.69 Å². The molecule has 0 atom stereocenters. The van der Waals surface area contributed by atoms with E-state index in [0.29, 0.717) is 22.8 Å². The molecule has 3 N–H and O–H groups in total. The summed E-state index contributed by atoms with van der Waals surface area (Å²) < 4.78 is 49.4. The Morgan fingerprint density at radius 2 is 1.93 bits per heavy atom. The Morgan fingerprint density at radius 3 is 2.70 bits per heavy atom. The molecule has 0 saturated carbocycles. The van der Waals surface area contributed by atoms with Crippen LogP contribution in [0.1, 0.15) is 21.9 Å². The van der Waals surface area contributed by atoms with Crippen molar-refractivity contribution in [3.63, 3.8) is 0 Å². The molecule has 1 aromatic carbocycles. The Hall–Kier alpha value is -3.50. The minimum absolute atomic E-state index is 0.00334. The van der Waals surface area contributed by atoms with Crippen LogP contribution in [0.15, 0.2) is 24.3 Å². The van der Waals surface area contributed by atoms with Crippen molar-refractivity contribution in [2.45, 2.75) is 13.1 Å². The van der Waals surface area contributed by atoms with E-state index >= 15 is 0 Å². The lowest BCUT2D eigenvalue weighted by molar-refractivity contribution is -0.140. The van der Waals surface area contributed by atoms with Gasteiger partial charge >= 0.3 is 6.18 Å². The van der Waals surface area contributed by atoms with Crippen molar-refractivity contribution < 1.29 is 27.4 Å². The maximum atomic E-state index is 13.0. The Bertz CT molecular complexity index is 1020. The lowest BCUT2D eigenvalue weighted by atomic mass is 10.1. The largest absolute Gasteiger partial charge is 0.454 e. The first-order valence-electron chi connectivity index (χ1n) is 7.72. The highest BCUT2D eigenvalue weighted by Crippen LogP contribution is 2.36. The van der Waals surface area contributed by atoms with Crippen molar-refractivity contribution in [1.29, 1.82) is 0 Å². The molecule has 27 heavy (non-hydrogen) atoms. The predicted octanol–water partition coefficient (Wildman–Crippen LogP) is 3.11. The number of H-pyrrole nitrogens is 2. The second-order valence-electron chi connectivity index (χ2n) is 5.76. The molecule has 2 aromatic heterocycles. The number of carbonyl (C=O) groups is 1. The van der Waals surface area contributed by atoms with Crippen LogP contribution in [-0.2, 0) is 6.18 Å². The van der Waals surface area contributed by atoms with Gasteiger partial charge < -0.3 is 14.8 Å². The van der Waals surface area contributed by atoms with Crippen molar-refractivity contribution in [2.24, 2.45) is 0 Å². The third kappa shape index (κ3) is 3.07. The molecule has 3 heterocycles. The molecule has 11 heteroatoms. The van der Waals surface area contributed by atoms with E-state index in [9.17, 15) is 18.0 Å². The van der Waals surface area contributed by atoms with E-state index < -0.39 is 23.5 Å². The number of aromatic amines is 2. The first-order chi connectivity index (χ1) is 12.8. The van der Waals surface area contributed by atoms with Gasteiger partial charge in [-0.3, -0.25) is 15.0 Å². The summed E-state index contributed by atoms with van der Waals surface area (Å²) in [5.41, 5.74) is -0.443. The van der Waals surface area contributed by atoms with Crippen molar-refractivity contribution in [3.8, 4) is 22.8 Å². The van der Waals surface area contributed by atoms with Gasteiger partial charge in [0, 0.05) is 5.56 Å². The Balaban J connectivity index is 1.57. The second kappa shape index (κ2) is 6.04. The molecule has 4 rings (SSSR count). The van der Waals surface area contributed by atoms with E-state index in [-0.39, 0.29) is 18.2 Å². The molecule has 0 fully saturated rings. The Kier molecular flexibility index (Phi) is 3.79. The molecule has 140 valence electrons. The molecular formula is C16H12F3N5O3. The van der Waals surface area contributed by atoms with E-state index in [0.717, 1.165) is 0 Å². The van der Waals surface area contributed by atoms with Crippen LogP contribution in [0.2, 0.25) is 0 Å². The molecule has 1 aliphatic rings. The summed E-state index contributed by atoms with van der Waals surface area (Å²) in [6.07, 6.45) is -4.70. The quantitative estimate of drug-likeness (QED) is 0.649. The zero-order chi connectivity index (χ0) is 19.2. The minimum Gasteiger partial charge on any atom is -0.454 e.